The van der Waals surface area contributed by atoms with Gasteiger partial charge in [0.2, 0.25) is 5.75 Å². The number of halogens is 2. The predicted octanol–water partition coefficient (Wildman–Crippen LogP) is 5.49. The number of rotatable bonds is 6. The number of hydrogen-bond acceptors (Lipinski definition) is 8. The summed E-state index contributed by atoms with van der Waals surface area (Å²) >= 11 is 6.55. The molecule has 0 spiro atoms. The molecule has 37 heavy (non-hydrogen) atoms. The highest BCUT2D eigenvalue weighted by Gasteiger charge is 2.36. The number of anilines is 1. The highest BCUT2D eigenvalue weighted by atomic mass is 79.9. The molecule has 4 rings (SSSR count). The van der Waals surface area contributed by atoms with Crippen LogP contribution in [0.25, 0.3) is 6.08 Å². The smallest absolute Gasteiger partial charge is 0.335 e. The molecule has 0 bridgehead atoms. The number of nitrogens with zero attached hydrogens (tertiary/aromatic N) is 3. The Labute approximate surface area is 224 Å². The number of carbonyl (C=O) groups excluding carboxylic acids is 3. The van der Waals surface area contributed by atoms with E-state index in [-0.39, 0.29) is 22.8 Å². The Kier molecular flexibility index (Phi) is 7.13. The number of benzene rings is 3. The summed E-state index contributed by atoms with van der Waals surface area (Å²) < 4.78 is 6.63. The van der Waals surface area contributed by atoms with Crippen LogP contribution in [0.15, 0.2) is 75.2 Å². The summed E-state index contributed by atoms with van der Waals surface area (Å²) in [4.78, 5) is 59.3. The van der Waals surface area contributed by atoms with Crippen molar-refractivity contribution in [3.63, 3.8) is 0 Å². The van der Waals surface area contributed by atoms with Crippen LogP contribution in [-0.4, -0.2) is 27.7 Å². The first-order chi connectivity index (χ1) is 17.5. The number of imide groups is 2. The Bertz CT molecular complexity index is 1520. The van der Waals surface area contributed by atoms with E-state index in [4.69, 9.17) is 4.74 Å². The fourth-order valence-corrected chi connectivity index (χ4v) is 4.05. The van der Waals surface area contributed by atoms with Crippen LogP contribution in [0.3, 0.4) is 0 Å². The molecule has 3 aromatic carbocycles. The van der Waals surface area contributed by atoms with E-state index in [1.807, 2.05) is 0 Å². The summed E-state index contributed by atoms with van der Waals surface area (Å²) in [5.74, 6) is -1.80. The van der Waals surface area contributed by atoms with Crippen molar-refractivity contribution in [2.45, 2.75) is 0 Å². The van der Waals surface area contributed by atoms with E-state index in [9.17, 15) is 34.6 Å². The summed E-state index contributed by atoms with van der Waals surface area (Å²) in [7, 11) is 0. The first kappa shape index (κ1) is 25.7. The van der Waals surface area contributed by atoms with Gasteiger partial charge in [0.05, 0.1) is 26.1 Å². The molecule has 0 aliphatic carbocycles. The lowest BCUT2D eigenvalue weighted by Gasteiger charge is -2.26. The van der Waals surface area contributed by atoms with E-state index in [1.54, 1.807) is 12.1 Å². The van der Waals surface area contributed by atoms with Crippen molar-refractivity contribution in [2.24, 2.45) is 0 Å². The minimum absolute atomic E-state index is 0.130. The van der Waals surface area contributed by atoms with E-state index in [0.717, 1.165) is 27.6 Å². The Balaban J connectivity index is 1.63. The van der Waals surface area contributed by atoms with Crippen molar-refractivity contribution in [3.8, 4) is 11.5 Å². The summed E-state index contributed by atoms with van der Waals surface area (Å²) in [6.07, 6.45) is 1.28. The van der Waals surface area contributed by atoms with Gasteiger partial charge >= 0.3 is 11.7 Å². The van der Waals surface area contributed by atoms with Gasteiger partial charge < -0.3 is 4.74 Å². The van der Waals surface area contributed by atoms with Crippen molar-refractivity contribution in [3.05, 3.63) is 101 Å². The Morgan fingerprint density at radius 1 is 0.865 bits per heavy atom. The van der Waals surface area contributed by atoms with Crippen LogP contribution in [0.1, 0.15) is 5.56 Å². The van der Waals surface area contributed by atoms with Gasteiger partial charge in [-0.15, -0.1) is 0 Å². The molecule has 14 heteroatoms. The lowest BCUT2D eigenvalue weighted by molar-refractivity contribution is -0.394. The summed E-state index contributed by atoms with van der Waals surface area (Å²) in [6.45, 7) is 0. The molecule has 4 amide bonds. The highest BCUT2D eigenvalue weighted by molar-refractivity contribution is 9.10. The molecule has 12 nitrogen and oxygen atoms in total. The van der Waals surface area contributed by atoms with E-state index in [2.05, 4.69) is 37.2 Å². The average molecular weight is 632 g/mol. The van der Waals surface area contributed by atoms with Crippen LogP contribution < -0.4 is 15.0 Å². The maximum absolute atomic E-state index is 13.0. The maximum atomic E-state index is 13.0. The number of nitro groups is 2. The Morgan fingerprint density at radius 2 is 1.54 bits per heavy atom. The fraction of sp³-hybridized carbons (Fsp3) is 0. The third kappa shape index (κ3) is 5.39. The second kappa shape index (κ2) is 10.3. The van der Waals surface area contributed by atoms with E-state index < -0.39 is 39.1 Å². The SMILES string of the molecule is O=C1NC(=O)N(c2ccc(Br)cc2)C(=O)/C1=C/c1ccc(Oc2ccc([N+](=O)[O-])cc2[N+](=O)[O-])c(Br)c1. The lowest BCUT2D eigenvalue weighted by atomic mass is 10.1. The number of nitro benzene ring substituents is 2. The van der Waals surface area contributed by atoms with Gasteiger partial charge in [0.15, 0.2) is 0 Å². The average Bonchev–Trinajstić information content (AvgIpc) is 2.84. The molecule has 1 fully saturated rings. The maximum Gasteiger partial charge on any atom is 0.335 e. The molecular formula is C23H12Br2N4O8. The fourth-order valence-electron chi connectivity index (χ4n) is 3.31. The number of non-ortho nitro benzene ring substituents is 1. The van der Waals surface area contributed by atoms with Crippen LogP contribution in [0.4, 0.5) is 21.9 Å². The minimum Gasteiger partial charge on any atom is -0.449 e. The van der Waals surface area contributed by atoms with Gasteiger partial charge in [0.25, 0.3) is 17.5 Å². The first-order valence-electron chi connectivity index (χ1n) is 10.1. The highest BCUT2D eigenvalue weighted by Crippen LogP contribution is 2.37. The van der Waals surface area contributed by atoms with Crippen LogP contribution in [0.2, 0.25) is 0 Å². The number of urea groups is 1. The molecule has 0 unspecified atom stereocenters. The monoisotopic (exact) mass is 630 g/mol. The van der Waals surface area contributed by atoms with Crippen LogP contribution >= 0.6 is 31.9 Å². The molecular weight excluding hydrogens is 620 g/mol. The van der Waals surface area contributed by atoms with Crippen molar-refractivity contribution >= 4 is 72.8 Å². The molecule has 186 valence electrons. The minimum atomic E-state index is -0.885. The Hall–Kier alpha value is -4.43. The zero-order valence-corrected chi connectivity index (χ0v) is 21.4. The normalized spacial score (nSPS) is 14.5. The second-order valence-corrected chi connectivity index (χ2v) is 9.16. The number of nitrogens with one attached hydrogen (secondary N) is 1. The van der Waals surface area contributed by atoms with Gasteiger partial charge in [-0.05, 0) is 70.0 Å². The standard InChI is InChI=1S/C23H12Br2N4O8/c24-13-2-4-14(5-3-13)27-22(31)16(21(30)26-23(27)32)9-12-1-7-19(17(25)10-12)37-20-8-6-15(28(33)34)11-18(20)29(35)36/h1-11H,(H,26,30,32)/b16-9+. The molecule has 3 aromatic rings. The summed E-state index contributed by atoms with van der Waals surface area (Å²) in [5.41, 5.74) is -0.727. The molecule has 0 aromatic heterocycles. The largest absolute Gasteiger partial charge is 0.449 e. The number of amides is 4. The van der Waals surface area contributed by atoms with Crippen LogP contribution in [0.5, 0.6) is 11.5 Å². The van der Waals surface area contributed by atoms with E-state index in [1.165, 1.54) is 36.4 Å². The Morgan fingerprint density at radius 3 is 2.16 bits per heavy atom. The third-order valence-electron chi connectivity index (χ3n) is 5.02. The van der Waals surface area contributed by atoms with Gasteiger partial charge in [0.1, 0.15) is 11.3 Å². The van der Waals surface area contributed by atoms with E-state index >= 15 is 0 Å². The lowest BCUT2D eigenvalue weighted by Crippen LogP contribution is -2.54. The molecule has 1 aliphatic heterocycles. The number of ether oxygens (including phenoxy) is 1. The van der Waals surface area contributed by atoms with Crippen molar-refractivity contribution in [1.29, 1.82) is 0 Å². The van der Waals surface area contributed by atoms with Gasteiger partial charge in [-0.1, -0.05) is 22.0 Å². The molecule has 0 saturated carbocycles. The predicted molar refractivity (Wildman–Crippen MR) is 137 cm³/mol. The van der Waals surface area contributed by atoms with Gasteiger partial charge in [-0.25, -0.2) is 9.69 Å². The number of hydrogen-bond donors (Lipinski definition) is 1. The van der Waals surface area contributed by atoms with Gasteiger partial charge in [-0.2, -0.15) is 0 Å². The molecule has 1 aliphatic rings. The molecule has 0 atom stereocenters. The number of carbonyl (C=O) groups is 3. The third-order valence-corrected chi connectivity index (χ3v) is 6.17. The topological polar surface area (TPSA) is 162 Å². The van der Waals surface area contributed by atoms with E-state index in [0.29, 0.717) is 10.0 Å². The zero-order chi connectivity index (χ0) is 26.9. The van der Waals surface area contributed by atoms with Crippen LogP contribution in [0, 0.1) is 20.2 Å². The van der Waals surface area contributed by atoms with Gasteiger partial charge in [-0.3, -0.25) is 35.1 Å². The van der Waals surface area contributed by atoms with Crippen LogP contribution in [-0.2, 0) is 9.59 Å². The first-order valence-corrected chi connectivity index (χ1v) is 11.7. The summed E-state index contributed by atoms with van der Waals surface area (Å²) in [6, 6.07) is 12.8. The molecule has 1 N–H and O–H groups in total. The molecule has 1 heterocycles. The quantitative estimate of drug-likeness (QED) is 0.162. The second-order valence-electron chi connectivity index (χ2n) is 7.39. The molecule has 0 radical (unpaired) electrons. The van der Waals surface area contributed by atoms with Crippen molar-refractivity contribution in [1.82, 2.24) is 5.32 Å². The summed E-state index contributed by atoms with van der Waals surface area (Å²) in [5, 5.41) is 24.4. The van der Waals surface area contributed by atoms with Crippen molar-refractivity contribution in [2.75, 3.05) is 4.90 Å². The number of barbiturate groups is 1. The zero-order valence-electron chi connectivity index (χ0n) is 18.2. The van der Waals surface area contributed by atoms with Gasteiger partial charge in [0, 0.05) is 10.5 Å². The molecule has 1 saturated heterocycles. The van der Waals surface area contributed by atoms with Crippen molar-refractivity contribution < 1.29 is 29.0 Å².